The molecular weight excluding hydrogens is 272 g/mol. The minimum atomic E-state index is -0.308. The van der Waals surface area contributed by atoms with Crippen LogP contribution in [-0.2, 0) is 9.53 Å². The second kappa shape index (κ2) is 8.34. The van der Waals surface area contributed by atoms with E-state index in [0.717, 1.165) is 18.0 Å². The van der Waals surface area contributed by atoms with Crippen LogP contribution >= 0.6 is 23.4 Å². The standard InChI is InChI=1S/C12H17ClN2O2S/c1-3-6-14-10(12(16)17-2)8-18-11-5-4-9(13)7-15-11/h4-5,7,10,14H,3,6,8H2,1-2H3. The number of nitrogens with one attached hydrogen (secondary N) is 1. The quantitative estimate of drug-likeness (QED) is 0.617. The first kappa shape index (κ1) is 15.3. The van der Waals surface area contributed by atoms with Crippen LogP contribution in [0.5, 0.6) is 0 Å². The minimum absolute atomic E-state index is 0.245. The van der Waals surface area contributed by atoms with E-state index < -0.39 is 0 Å². The minimum Gasteiger partial charge on any atom is -0.468 e. The molecule has 1 aromatic heterocycles. The lowest BCUT2D eigenvalue weighted by Gasteiger charge is -2.15. The third-order valence-electron chi connectivity index (χ3n) is 2.22. The normalized spacial score (nSPS) is 12.2. The van der Waals surface area contributed by atoms with Gasteiger partial charge in [0.15, 0.2) is 0 Å². The molecule has 1 aromatic rings. The second-order valence-corrected chi connectivity index (χ2v) is 5.13. The second-order valence-electron chi connectivity index (χ2n) is 3.66. The van der Waals surface area contributed by atoms with Crippen molar-refractivity contribution >= 4 is 29.3 Å². The number of halogens is 1. The predicted molar refractivity (Wildman–Crippen MR) is 74.1 cm³/mol. The molecule has 0 radical (unpaired) electrons. The predicted octanol–water partition coefficient (Wildman–Crippen LogP) is 2.37. The molecule has 0 aromatic carbocycles. The number of thioether (sulfide) groups is 1. The zero-order valence-corrected chi connectivity index (χ0v) is 12.1. The molecule has 1 atom stereocenters. The molecule has 0 spiro atoms. The third kappa shape index (κ3) is 5.25. The Kier molecular flexibility index (Phi) is 7.08. The highest BCUT2D eigenvalue weighted by molar-refractivity contribution is 7.99. The molecule has 0 saturated heterocycles. The molecular formula is C12H17ClN2O2S. The molecule has 0 saturated carbocycles. The Morgan fingerprint density at radius 1 is 1.61 bits per heavy atom. The summed E-state index contributed by atoms with van der Waals surface area (Å²) in [6.45, 7) is 2.84. The summed E-state index contributed by atoms with van der Waals surface area (Å²) >= 11 is 7.26. The molecule has 0 aliphatic carbocycles. The van der Waals surface area contributed by atoms with Crippen LogP contribution in [0.25, 0.3) is 0 Å². The van der Waals surface area contributed by atoms with Gasteiger partial charge in [-0.1, -0.05) is 18.5 Å². The lowest BCUT2D eigenvalue weighted by molar-refractivity contribution is -0.142. The van der Waals surface area contributed by atoms with Crippen molar-refractivity contribution < 1.29 is 9.53 Å². The topological polar surface area (TPSA) is 51.2 Å². The molecule has 1 heterocycles. The van der Waals surface area contributed by atoms with Crippen molar-refractivity contribution in [3.05, 3.63) is 23.4 Å². The number of methoxy groups -OCH3 is 1. The number of carbonyl (C=O) groups excluding carboxylic acids is 1. The fourth-order valence-corrected chi connectivity index (χ4v) is 2.28. The van der Waals surface area contributed by atoms with Crippen LogP contribution in [0.2, 0.25) is 5.02 Å². The number of carbonyl (C=O) groups is 1. The molecule has 1 rings (SSSR count). The number of nitrogens with zero attached hydrogens (tertiary/aromatic N) is 1. The highest BCUT2D eigenvalue weighted by atomic mass is 35.5. The van der Waals surface area contributed by atoms with Gasteiger partial charge >= 0.3 is 5.97 Å². The summed E-state index contributed by atoms with van der Waals surface area (Å²) in [4.78, 5) is 15.7. The molecule has 0 fully saturated rings. The third-order valence-corrected chi connectivity index (χ3v) is 3.49. The van der Waals surface area contributed by atoms with Crippen molar-refractivity contribution in [1.29, 1.82) is 0 Å². The zero-order valence-electron chi connectivity index (χ0n) is 10.5. The van der Waals surface area contributed by atoms with Crippen molar-refractivity contribution in [2.24, 2.45) is 0 Å². The highest BCUT2D eigenvalue weighted by Crippen LogP contribution is 2.18. The first-order valence-electron chi connectivity index (χ1n) is 5.73. The SMILES string of the molecule is CCCNC(CSc1ccc(Cl)cn1)C(=O)OC. The molecule has 6 heteroatoms. The number of ether oxygens (including phenoxy) is 1. The molecule has 100 valence electrons. The smallest absolute Gasteiger partial charge is 0.323 e. The Balaban J connectivity index is 2.50. The lowest BCUT2D eigenvalue weighted by Crippen LogP contribution is -2.40. The molecule has 0 amide bonds. The van der Waals surface area contributed by atoms with E-state index in [1.807, 2.05) is 6.07 Å². The van der Waals surface area contributed by atoms with Gasteiger partial charge in [0.05, 0.1) is 17.2 Å². The van der Waals surface area contributed by atoms with Gasteiger partial charge in [-0.3, -0.25) is 4.79 Å². The average Bonchev–Trinajstić information content (AvgIpc) is 2.40. The number of rotatable bonds is 7. The Bertz CT molecular complexity index is 373. The Labute approximate surface area is 116 Å². The van der Waals surface area contributed by atoms with E-state index in [-0.39, 0.29) is 12.0 Å². The van der Waals surface area contributed by atoms with E-state index in [9.17, 15) is 4.79 Å². The number of hydrogen-bond acceptors (Lipinski definition) is 5. The maximum absolute atomic E-state index is 11.6. The number of hydrogen-bond donors (Lipinski definition) is 1. The summed E-state index contributed by atoms with van der Waals surface area (Å²) < 4.78 is 4.76. The van der Waals surface area contributed by atoms with Gasteiger partial charge in [-0.2, -0.15) is 0 Å². The van der Waals surface area contributed by atoms with Gasteiger partial charge in [-0.25, -0.2) is 4.98 Å². The van der Waals surface area contributed by atoms with E-state index in [1.165, 1.54) is 18.9 Å². The van der Waals surface area contributed by atoms with E-state index in [1.54, 1.807) is 12.3 Å². The van der Waals surface area contributed by atoms with Gasteiger partial charge in [-0.05, 0) is 25.1 Å². The van der Waals surface area contributed by atoms with Crippen LogP contribution in [0.1, 0.15) is 13.3 Å². The average molecular weight is 289 g/mol. The number of esters is 1. The van der Waals surface area contributed by atoms with Crippen molar-refractivity contribution in [2.45, 2.75) is 24.4 Å². The van der Waals surface area contributed by atoms with Crippen molar-refractivity contribution in [3.8, 4) is 0 Å². The van der Waals surface area contributed by atoms with E-state index in [2.05, 4.69) is 17.2 Å². The molecule has 1 unspecified atom stereocenters. The highest BCUT2D eigenvalue weighted by Gasteiger charge is 2.18. The van der Waals surface area contributed by atoms with E-state index in [0.29, 0.717) is 10.8 Å². The molecule has 4 nitrogen and oxygen atoms in total. The van der Waals surface area contributed by atoms with Gasteiger partial charge in [0.25, 0.3) is 0 Å². The van der Waals surface area contributed by atoms with Crippen LogP contribution in [0.4, 0.5) is 0 Å². The maximum atomic E-state index is 11.6. The van der Waals surface area contributed by atoms with Gasteiger partial charge in [-0.15, -0.1) is 11.8 Å². The number of aromatic nitrogens is 1. The summed E-state index contributed by atoms with van der Waals surface area (Å²) in [5.74, 6) is 0.339. The van der Waals surface area contributed by atoms with E-state index >= 15 is 0 Å². The largest absolute Gasteiger partial charge is 0.468 e. The summed E-state index contributed by atoms with van der Waals surface area (Å²) in [5, 5.41) is 4.60. The molecule has 0 bridgehead atoms. The molecule has 1 N–H and O–H groups in total. The van der Waals surface area contributed by atoms with Crippen LogP contribution in [-0.4, -0.2) is 36.4 Å². The fourth-order valence-electron chi connectivity index (χ4n) is 1.29. The van der Waals surface area contributed by atoms with Gasteiger partial charge in [0.2, 0.25) is 0 Å². The van der Waals surface area contributed by atoms with Crippen LogP contribution in [0.15, 0.2) is 23.4 Å². The zero-order chi connectivity index (χ0) is 13.4. The van der Waals surface area contributed by atoms with Crippen molar-refractivity contribution in [2.75, 3.05) is 19.4 Å². The van der Waals surface area contributed by atoms with Gasteiger partial charge in [0, 0.05) is 11.9 Å². The van der Waals surface area contributed by atoms with Crippen LogP contribution < -0.4 is 5.32 Å². The van der Waals surface area contributed by atoms with Crippen molar-refractivity contribution in [3.63, 3.8) is 0 Å². The molecule has 18 heavy (non-hydrogen) atoms. The lowest BCUT2D eigenvalue weighted by atomic mass is 10.3. The number of pyridine rings is 1. The van der Waals surface area contributed by atoms with E-state index in [4.69, 9.17) is 16.3 Å². The van der Waals surface area contributed by atoms with Gasteiger partial charge in [0.1, 0.15) is 6.04 Å². The van der Waals surface area contributed by atoms with Crippen molar-refractivity contribution in [1.82, 2.24) is 10.3 Å². The molecule has 0 aliphatic heterocycles. The first-order valence-corrected chi connectivity index (χ1v) is 7.09. The molecule has 0 aliphatic rings. The summed E-state index contributed by atoms with van der Waals surface area (Å²) in [5.41, 5.74) is 0. The Hall–Kier alpha value is -0.780. The van der Waals surface area contributed by atoms with Crippen LogP contribution in [0, 0.1) is 0 Å². The maximum Gasteiger partial charge on any atom is 0.323 e. The fraction of sp³-hybridized carbons (Fsp3) is 0.500. The Morgan fingerprint density at radius 2 is 2.39 bits per heavy atom. The van der Waals surface area contributed by atoms with Gasteiger partial charge < -0.3 is 10.1 Å². The van der Waals surface area contributed by atoms with Crippen LogP contribution in [0.3, 0.4) is 0 Å². The first-order chi connectivity index (χ1) is 8.67. The summed E-state index contributed by atoms with van der Waals surface area (Å²) in [6, 6.07) is 3.31. The Morgan fingerprint density at radius 3 is 2.94 bits per heavy atom. The summed E-state index contributed by atoms with van der Waals surface area (Å²) in [7, 11) is 1.40. The summed E-state index contributed by atoms with van der Waals surface area (Å²) in [6.07, 6.45) is 2.56. The monoisotopic (exact) mass is 288 g/mol.